The zero-order valence-corrected chi connectivity index (χ0v) is 24.0. The number of hydrogen-bond acceptors (Lipinski definition) is 5. The number of nitrogens with zero attached hydrogens (tertiary/aromatic N) is 4. The molecule has 39 heavy (non-hydrogen) atoms. The molecule has 2 amide bonds. The summed E-state index contributed by atoms with van der Waals surface area (Å²) < 4.78 is 5.63. The molecule has 2 aliphatic heterocycles. The lowest BCUT2D eigenvalue weighted by molar-refractivity contribution is 0.122. The molecule has 0 spiro atoms. The van der Waals surface area contributed by atoms with E-state index in [9.17, 15) is 4.79 Å². The number of anilines is 2. The van der Waals surface area contributed by atoms with Gasteiger partial charge in [0.25, 0.3) is 0 Å². The summed E-state index contributed by atoms with van der Waals surface area (Å²) in [6.07, 6.45) is 1.41. The van der Waals surface area contributed by atoms with Crippen LogP contribution in [0.5, 0.6) is 0 Å². The Hall–Kier alpha value is -3.45. The van der Waals surface area contributed by atoms with Gasteiger partial charge in [0, 0.05) is 43.7 Å². The van der Waals surface area contributed by atoms with Crippen LogP contribution in [0.15, 0.2) is 42.5 Å². The molecule has 0 unspecified atom stereocenters. The van der Waals surface area contributed by atoms with Crippen molar-refractivity contribution in [1.29, 1.82) is 0 Å². The van der Waals surface area contributed by atoms with E-state index in [-0.39, 0.29) is 6.03 Å². The van der Waals surface area contributed by atoms with Gasteiger partial charge in [-0.25, -0.2) is 14.8 Å². The Bertz CT molecular complexity index is 1300. The molecular weight excluding hydrogens is 486 g/mol. The van der Waals surface area contributed by atoms with Crippen LogP contribution in [-0.2, 0) is 24.1 Å². The number of carbonyl (C=O) groups is 1. The molecule has 7 nitrogen and oxygen atoms in total. The summed E-state index contributed by atoms with van der Waals surface area (Å²) in [6.45, 7) is 14.9. The van der Waals surface area contributed by atoms with Crippen molar-refractivity contribution in [2.24, 2.45) is 0 Å². The van der Waals surface area contributed by atoms with Gasteiger partial charge in [0.2, 0.25) is 0 Å². The third kappa shape index (κ3) is 6.09. The number of ether oxygens (including phenoxy) is 1. The van der Waals surface area contributed by atoms with Gasteiger partial charge in [0.15, 0.2) is 0 Å². The number of amides is 2. The number of aromatic nitrogens is 2. The van der Waals surface area contributed by atoms with E-state index in [4.69, 9.17) is 14.7 Å². The zero-order valence-electron chi connectivity index (χ0n) is 24.0. The standard InChI is InChI=1S/C32H41N5O2/c1-21(2)25-10-7-11-26(22(3)4)30(25)35-32(38)37-13-12-28-27(20-37)31(36-14-16-39-17-15-36)34-29(33-28)19-24-9-6-8-23(5)18-24/h6-11,18,21-22H,12-17,19-20H2,1-5H3,(H,35,38). The summed E-state index contributed by atoms with van der Waals surface area (Å²) in [6, 6.07) is 14.8. The highest BCUT2D eigenvalue weighted by Gasteiger charge is 2.29. The molecule has 1 aromatic heterocycles. The minimum atomic E-state index is -0.0626. The summed E-state index contributed by atoms with van der Waals surface area (Å²) in [4.78, 5) is 28.0. The monoisotopic (exact) mass is 527 g/mol. The fourth-order valence-corrected chi connectivity index (χ4v) is 5.62. The quantitative estimate of drug-likeness (QED) is 0.423. The van der Waals surface area contributed by atoms with Crippen LogP contribution < -0.4 is 10.2 Å². The second-order valence-corrected chi connectivity index (χ2v) is 11.4. The van der Waals surface area contributed by atoms with Crippen LogP contribution in [0.3, 0.4) is 0 Å². The number of fused-ring (bicyclic) bond motifs is 1. The van der Waals surface area contributed by atoms with E-state index in [0.29, 0.717) is 51.0 Å². The molecule has 2 aliphatic rings. The summed E-state index contributed by atoms with van der Waals surface area (Å²) in [5.41, 5.74) is 7.87. The lowest BCUT2D eigenvalue weighted by atomic mass is 9.92. The summed E-state index contributed by atoms with van der Waals surface area (Å²) in [5.74, 6) is 2.42. The molecule has 0 atom stereocenters. The second kappa shape index (κ2) is 11.7. The van der Waals surface area contributed by atoms with E-state index in [2.05, 4.69) is 87.3 Å². The van der Waals surface area contributed by atoms with Crippen molar-refractivity contribution in [2.75, 3.05) is 43.1 Å². The molecule has 3 heterocycles. The minimum Gasteiger partial charge on any atom is -0.378 e. The zero-order chi connectivity index (χ0) is 27.5. The summed E-state index contributed by atoms with van der Waals surface area (Å²) >= 11 is 0. The molecule has 1 fully saturated rings. The molecule has 0 radical (unpaired) electrons. The number of nitrogens with one attached hydrogen (secondary N) is 1. The summed E-state index contributed by atoms with van der Waals surface area (Å²) in [5, 5.41) is 3.30. The normalized spacial score (nSPS) is 15.6. The minimum absolute atomic E-state index is 0.0626. The lowest BCUT2D eigenvalue weighted by Crippen LogP contribution is -2.42. The van der Waals surface area contributed by atoms with Crippen molar-refractivity contribution in [3.63, 3.8) is 0 Å². The first kappa shape index (κ1) is 27.1. The molecule has 0 aliphatic carbocycles. The number of aryl methyl sites for hydroxylation is 1. The number of para-hydroxylation sites is 1. The molecule has 3 aromatic rings. The average molecular weight is 528 g/mol. The van der Waals surface area contributed by atoms with Crippen molar-refractivity contribution in [3.05, 3.63) is 81.8 Å². The van der Waals surface area contributed by atoms with Gasteiger partial charge in [0.05, 0.1) is 25.5 Å². The Kier molecular flexibility index (Phi) is 8.17. The predicted octanol–water partition coefficient (Wildman–Crippen LogP) is 6.05. The number of rotatable bonds is 6. The maximum atomic E-state index is 13.7. The number of morpholine rings is 1. The highest BCUT2D eigenvalue weighted by Crippen LogP contribution is 2.34. The van der Waals surface area contributed by atoms with Crippen LogP contribution in [0.25, 0.3) is 0 Å². The molecule has 206 valence electrons. The van der Waals surface area contributed by atoms with Crippen LogP contribution in [0.2, 0.25) is 0 Å². The van der Waals surface area contributed by atoms with Gasteiger partial charge in [-0.05, 0) is 35.4 Å². The Labute approximate surface area is 232 Å². The third-order valence-electron chi connectivity index (χ3n) is 7.73. The van der Waals surface area contributed by atoms with Gasteiger partial charge in [-0.15, -0.1) is 0 Å². The molecular formula is C32H41N5O2. The highest BCUT2D eigenvalue weighted by atomic mass is 16.5. The van der Waals surface area contributed by atoms with Crippen LogP contribution in [0, 0.1) is 6.92 Å². The molecule has 0 bridgehead atoms. The number of carbonyl (C=O) groups excluding carboxylic acids is 1. The Morgan fingerprint density at radius 1 is 0.974 bits per heavy atom. The molecule has 7 heteroatoms. The Morgan fingerprint density at radius 2 is 1.67 bits per heavy atom. The van der Waals surface area contributed by atoms with Crippen molar-refractivity contribution >= 4 is 17.5 Å². The van der Waals surface area contributed by atoms with Gasteiger partial charge in [-0.2, -0.15) is 0 Å². The highest BCUT2D eigenvalue weighted by molar-refractivity contribution is 5.91. The first-order chi connectivity index (χ1) is 18.8. The Balaban J connectivity index is 1.44. The Morgan fingerprint density at radius 3 is 2.33 bits per heavy atom. The van der Waals surface area contributed by atoms with Crippen LogP contribution in [-0.4, -0.2) is 53.7 Å². The second-order valence-electron chi connectivity index (χ2n) is 11.4. The van der Waals surface area contributed by atoms with Crippen LogP contribution >= 0.6 is 0 Å². The van der Waals surface area contributed by atoms with Crippen molar-refractivity contribution in [3.8, 4) is 0 Å². The first-order valence-electron chi connectivity index (χ1n) is 14.3. The predicted molar refractivity (Wildman–Crippen MR) is 157 cm³/mol. The number of urea groups is 1. The maximum absolute atomic E-state index is 13.7. The largest absolute Gasteiger partial charge is 0.378 e. The summed E-state index contributed by atoms with van der Waals surface area (Å²) in [7, 11) is 0. The van der Waals surface area contributed by atoms with E-state index < -0.39 is 0 Å². The van der Waals surface area contributed by atoms with Gasteiger partial charge in [-0.3, -0.25) is 0 Å². The molecule has 2 aromatic carbocycles. The van der Waals surface area contributed by atoms with E-state index >= 15 is 0 Å². The van der Waals surface area contributed by atoms with Crippen LogP contribution in [0.4, 0.5) is 16.3 Å². The molecule has 1 N–H and O–H groups in total. The SMILES string of the molecule is Cc1cccc(Cc2nc3c(c(N4CCOCC4)n2)CN(C(=O)Nc2c(C(C)C)cccc2C(C)C)CC3)c1. The van der Waals surface area contributed by atoms with E-state index in [0.717, 1.165) is 41.7 Å². The van der Waals surface area contributed by atoms with Crippen molar-refractivity contribution in [2.45, 2.75) is 65.8 Å². The molecule has 0 saturated carbocycles. The smallest absolute Gasteiger partial charge is 0.322 e. The topological polar surface area (TPSA) is 70.6 Å². The number of benzene rings is 2. The van der Waals surface area contributed by atoms with Crippen LogP contribution in [0.1, 0.15) is 78.9 Å². The van der Waals surface area contributed by atoms with Crippen molar-refractivity contribution in [1.82, 2.24) is 14.9 Å². The van der Waals surface area contributed by atoms with E-state index in [1.165, 1.54) is 22.3 Å². The fraction of sp³-hybridized carbons (Fsp3) is 0.469. The van der Waals surface area contributed by atoms with E-state index in [1.807, 2.05) is 4.90 Å². The lowest BCUT2D eigenvalue weighted by Gasteiger charge is -2.35. The van der Waals surface area contributed by atoms with Gasteiger partial charge >= 0.3 is 6.03 Å². The molecule has 1 saturated heterocycles. The van der Waals surface area contributed by atoms with Gasteiger partial charge in [-0.1, -0.05) is 75.7 Å². The third-order valence-corrected chi connectivity index (χ3v) is 7.73. The van der Waals surface area contributed by atoms with Gasteiger partial charge < -0.3 is 19.9 Å². The maximum Gasteiger partial charge on any atom is 0.322 e. The molecule has 5 rings (SSSR count). The van der Waals surface area contributed by atoms with Gasteiger partial charge in [0.1, 0.15) is 11.6 Å². The number of hydrogen-bond donors (Lipinski definition) is 1. The van der Waals surface area contributed by atoms with E-state index in [1.54, 1.807) is 0 Å². The first-order valence-corrected chi connectivity index (χ1v) is 14.3. The fourth-order valence-electron chi connectivity index (χ4n) is 5.62. The van der Waals surface area contributed by atoms with Crippen molar-refractivity contribution < 1.29 is 9.53 Å². The average Bonchev–Trinajstić information content (AvgIpc) is 2.92.